The van der Waals surface area contributed by atoms with Crippen LogP contribution in [0.4, 0.5) is 10.1 Å². The highest BCUT2D eigenvalue weighted by Crippen LogP contribution is 2.45. The second kappa shape index (κ2) is 7.91. The molecule has 0 spiro atoms. The van der Waals surface area contributed by atoms with E-state index in [0.717, 1.165) is 11.1 Å². The number of carboxylic acid groups (broad SMARTS) is 1. The van der Waals surface area contributed by atoms with Crippen molar-refractivity contribution < 1.29 is 19.1 Å². The molecule has 2 heterocycles. The monoisotopic (exact) mass is 422 g/mol. The molecule has 3 aromatic rings. The third-order valence-electron chi connectivity index (χ3n) is 5.11. The van der Waals surface area contributed by atoms with Gasteiger partial charge in [0.15, 0.2) is 0 Å². The zero-order chi connectivity index (χ0) is 21.4. The average molecular weight is 422 g/mol. The molecule has 1 saturated heterocycles. The Bertz CT molecular complexity index is 1150. The standard InChI is InChI=1S/C23H19FN2O3S/c1-13-9-16(11-25-10-13)21-14(2)19(8-7-18(21)23(28)29)26-20(27)12-30-22(26)15-3-5-17(24)6-4-15/h3-11,22H,12H2,1-2H3,(H,28,29). The van der Waals surface area contributed by atoms with Gasteiger partial charge in [0.25, 0.3) is 0 Å². The SMILES string of the molecule is Cc1cncc(-c2c(C(=O)O)ccc(N3C(=O)CSC3c3ccc(F)cc3)c2C)c1. The van der Waals surface area contributed by atoms with Gasteiger partial charge < -0.3 is 5.11 Å². The fourth-order valence-corrected chi connectivity index (χ4v) is 4.93. The number of amides is 1. The summed E-state index contributed by atoms with van der Waals surface area (Å²) in [5, 5.41) is 9.44. The summed E-state index contributed by atoms with van der Waals surface area (Å²) in [5.74, 6) is -1.16. The van der Waals surface area contributed by atoms with Crippen molar-refractivity contribution in [3.8, 4) is 11.1 Å². The van der Waals surface area contributed by atoms with Crippen LogP contribution in [-0.2, 0) is 4.79 Å². The van der Waals surface area contributed by atoms with Gasteiger partial charge in [-0.3, -0.25) is 14.7 Å². The molecule has 0 aliphatic carbocycles. The number of halogens is 1. The molecule has 30 heavy (non-hydrogen) atoms. The summed E-state index contributed by atoms with van der Waals surface area (Å²) >= 11 is 1.46. The van der Waals surface area contributed by atoms with Crippen molar-refractivity contribution in [3.63, 3.8) is 0 Å². The van der Waals surface area contributed by atoms with Crippen molar-refractivity contribution in [3.05, 3.63) is 82.9 Å². The number of aromatic carboxylic acids is 1. The predicted molar refractivity (Wildman–Crippen MR) is 115 cm³/mol. The molecule has 4 rings (SSSR count). The number of benzene rings is 2. The number of carboxylic acids is 1. The normalized spacial score (nSPS) is 16.2. The van der Waals surface area contributed by atoms with Gasteiger partial charge in [0, 0.05) is 29.2 Å². The molecule has 0 saturated carbocycles. The lowest BCUT2D eigenvalue weighted by Crippen LogP contribution is -2.29. The Hall–Kier alpha value is -3.19. The molecule has 1 N–H and O–H groups in total. The lowest BCUT2D eigenvalue weighted by Gasteiger charge is -2.27. The van der Waals surface area contributed by atoms with Crippen molar-refractivity contribution >= 4 is 29.3 Å². The summed E-state index contributed by atoms with van der Waals surface area (Å²) in [6.07, 6.45) is 3.33. The van der Waals surface area contributed by atoms with E-state index in [1.807, 2.05) is 19.9 Å². The number of anilines is 1. The number of aryl methyl sites for hydroxylation is 1. The number of carbonyl (C=O) groups excluding carboxylic acids is 1. The highest BCUT2D eigenvalue weighted by molar-refractivity contribution is 8.00. The Kier molecular flexibility index (Phi) is 5.30. The summed E-state index contributed by atoms with van der Waals surface area (Å²) in [7, 11) is 0. The Morgan fingerprint density at radius 3 is 2.57 bits per heavy atom. The van der Waals surface area contributed by atoms with Crippen LogP contribution in [0.2, 0.25) is 0 Å². The summed E-state index contributed by atoms with van der Waals surface area (Å²) < 4.78 is 13.4. The van der Waals surface area contributed by atoms with Gasteiger partial charge in [-0.15, -0.1) is 11.8 Å². The number of rotatable bonds is 4. The summed E-state index contributed by atoms with van der Waals surface area (Å²) in [5.41, 5.74) is 4.42. The quantitative estimate of drug-likeness (QED) is 0.642. The van der Waals surface area contributed by atoms with E-state index in [4.69, 9.17) is 0 Å². The number of thioether (sulfide) groups is 1. The van der Waals surface area contributed by atoms with Crippen molar-refractivity contribution in [2.75, 3.05) is 10.7 Å². The molecule has 5 nitrogen and oxygen atoms in total. The maximum atomic E-state index is 13.4. The predicted octanol–water partition coefficient (Wildman–Crippen LogP) is 4.98. The van der Waals surface area contributed by atoms with E-state index in [1.165, 1.54) is 30.0 Å². The molecule has 1 atom stereocenters. The average Bonchev–Trinajstić information content (AvgIpc) is 3.09. The molecule has 1 unspecified atom stereocenters. The second-order valence-corrected chi connectivity index (χ2v) is 8.24. The summed E-state index contributed by atoms with van der Waals surface area (Å²) in [6.45, 7) is 3.71. The highest BCUT2D eigenvalue weighted by Gasteiger charge is 2.35. The van der Waals surface area contributed by atoms with E-state index in [9.17, 15) is 19.1 Å². The Balaban J connectivity index is 1.88. The van der Waals surface area contributed by atoms with E-state index < -0.39 is 5.97 Å². The third-order valence-corrected chi connectivity index (χ3v) is 6.33. The Morgan fingerprint density at radius 1 is 1.17 bits per heavy atom. The Labute approximate surface area is 177 Å². The topological polar surface area (TPSA) is 70.5 Å². The van der Waals surface area contributed by atoms with Crippen LogP contribution in [0.1, 0.15) is 32.4 Å². The fourth-order valence-electron chi connectivity index (χ4n) is 3.76. The molecule has 1 fully saturated rings. The largest absolute Gasteiger partial charge is 0.478 e. The van der Waals surface area contributed by atoms with E-state index in [2.05, 4.69) is 4.98 Å². The first-order valence-corrected chi connectivity index (χ1v) is 10.4. The van der Waals surface area contributed by atoms with Crippen molar-refractivity contribution in [2.24, 2.45) is 0 Å². The number of hydrogen-bond acceptors (Lipinski definition) is 4. The lowest BCUT2D eigenvalue weighted by molar-refractivity contribution is -0.115. The van der Waals surface area contributed by atoms with Crippen LogP contribution in [0.3, 0.4) is 0 Å². The molecule has 1 aliphatic heterocycles. The maximum absolute atomic E-state index is 13.4. The molecular weight excluding hydrogens is 403 g/mol. The molecule has 1 amide bonds. The number of nitrogens with zero attached hydrogens (tertiary/aromatic N) is 2. The number of aromatic nitrogens is 1. The molecular formula is C23H19FN2O3S. The molecule has 152 valence electrons. The second-order valence-electron chi connectivity index (χ2n) is 7.17. The van der Waals surface area contributed by atoms with Gasteiger partial charge in [-0.25, -0.2) is 9.18 Å². The third kappa shape index (κ3) is 3.57. The van der Waals surface area contributed by atoms with Crippen LogP contribution in [-0.4, -0.2) is 27.7 Å². The van der Waals surface area contributed by atoms with Gasteiger partial charge in [-0.1, -0.05) is 12.1 Å². The fraction of sp³-hybridized carbons (Fsp3) is 0.174. The maximum Gasteiger partial charge on any atom is 0.336 e. The van der Waals surface area contributed by atoms with Crippen molar-refractivity contribution in [2.45, 2.75) is 19.2 Å². The van der Waals surface area contributed by atoms with Gasteiger partial charge in [0.1, 0.15) is 11.2 Å². The molecule has 1 aromatic heterocycles. The van der Waals surface area contributed by atoms with Gasteiger partial charge in [0.2, 0.25) is 5.91 Å². The van der Waals surface area contributed by atoms with Gasteiger partial charge in [-0.2, -0.15) is 0 Å². The zero-order valence-electron chi connectivity index (χ0n) is 16.4. The van der Waals surface area contributed by atoms with Crippen LogP contribution in [0.25, 0.3) is 11.1 Å². The molecule has 0 bridgehead atoms. The van der Waals surface area contributed by atoms with E-state index in [0.29, 0.717) is 28.1 Å². The highest BCUT2D eigenvalue weighted by atomic mass is 32.2. The van der Waals surface area contributed by atoms with Crippen molar-refractivity contribution in [1.82, 2.24) is 4.98 Å². The number of hydrogen-bond donors (Lipinski definition) is 1. The lowest BCUT2D eigenvalue weighted by atomic mass is 9.93. The minimum atomic E-state index is -1.04. The molecule has 7 heteroatoms. The van der Waals surface area contributed by atoms with E-state index >= 15 is 0 Å². The number of pyridine rings is 1. The van der Waals surface area contributed by atoms with Gasteiger partial charge >= 0.3 is 5.97 Å². The summed E-state index contributed by atoms with van der Waals surface area (Å²) in [6, 6.07) is 11.2. The van der Waals surface area contributed by atoms with Crippen LogP contribution < -0.4 is 4.90 Å². The zero-order valence-corrected chi connectivity index (χ0v) is 17.2. The molecule has 0 radical (unpaired) electrons. The first-order chi connectivity index (χ1) is 14.4. The van der Waals surface area contributed by atoms with Gasteiger partial charge in [-0.05, 0) is 60.9 Å². The van der Waals surface area contributed by atoms with Crippen LogP contribution >= 0.6 is 11.8 Å². The first kappa shape index (κ1) is 20.1. The minimum absolute atomic E-state index is 0.0752. The van der Waals surface area contributed by atoms with Crippen molar-refractivity contribution in [1.29, 1.82) is 0 Å². The Morgan fingerprint density at radius 2 is 1.90 bits per heavy atom. The van der Waals surface area contributed by atoms with Crippen LogP contribution in [0.5, 0.6) is 0 Å². The molecule has 2 aromatic carbocycles. The smallest absolute Gasteiger partial charge is 0.336 e. The number of carbonyl (C=O) groups is 2. The first-order valence-electron chi connectivity index (χ1n) is 9.35. The van der Waals surface area contributed by atoms with E-state index in [-0.39, 0.29) is 22.7 Å². The minimum Gasteiger partial charge on any atom is -0.478 e. The van der Waals surface area contributed by atoms with E-state index in [1.54, 1.807) is 35.5 Å². The van der Waals surface area contributed by atoms with Crippen LogP contribution in [0, 0.1) is 19.7 Å². The summed E-state index contributed by atoms with van der Waals surface area (Å²) in [4.78, 5) is 30.6. The van der Waals surface area contributed by atoms with Gasteiger partial charge in [0.05, 0.1) is 11.3 Å². The molecule has 1 aliphatic rings. The van der Waals surface area contributed by atoms with Crippen LogP contribution in [0.15, 0.2) is 54.9 Å².